The molecule has 0 bridgehead atoms. The van der Waals surface area contributed by atoms with Crippen molar-refractivity contribution in [2.45, 2.75) is 12.6 Å². The fourth-order valence-electron chi connectivity index (χ4n) is 1.81. The molecule has 2 rings (SSSR count). The third kappa shape index (κ3) is 4.09. The van der Waals surface area contributed by atoms with Gasteiger partial charge < -0.3 is 10.2 Å². The normalized spacial score (nSPS) is 11.5. The Bertz CT molecular complexity index is 635. The van der Waals surface area contributed by atoms with Gasteiger partial charge in [0, 0.05) is 40.0 Å². The van der Waals surface area contributed by atoms with E-state index in [1.54, 1.807) is 32.0 Å². The second kappa shape index (κ2) is 6.20. The van der Waals surface area contributed by atoms with Crippen molar-refractivity contribution in [2.24, 2.45) is 7.05 Å². The number of aryl methyl sites for hydroxylation is 1. The van der Waals surface area contributed by atoms with Crippen LogP contribution in [0.2, 0.25) is 0 Å². The van der Waals surface area contributed by atoms with Crippen molar-refractivity contribution in [1.29, 1.82) is 0 Å². The van der Waals surface area contributed by atoms with Gasteiger partial charge in [0.05, 0.1) is 6.20 Å². The molecule has 0 amide bonds. The van der Waals surface area contributed by atoms with Gasteiger partial charge in [0.25, 0.3) is 0 Å². The lowest BCUT2D eigenvalue weighted by Crippen LogP contribution is -2.18. The number of hydrogen-bond donors (Lipinski definition) is 1. The van der Waals surface area contributed by atoms with Crippen molar-refractivity contribution in [1.82, 2.24) is 19.7 Å². The van der Waals surface area contributed by atoms with Gasteiger partial charge in [0.1, 0.15) is 5.82 Å². The number of halogens is 3. The molecule has 2 aromatic rings. The minimum absolute atomic E-state index is 0.0394. The molecular weight excluding hydrogens is 297 g/mol. The summed E-state index contributed by atoms with van der Waals surface area (Å²) in [6.07, 6.45) is -0.335. The minimum atomic E-state index is -4.51. The van der Waals surface area contributed by atoms with E-state index in [9.17, 15) is 13.2 Å². The second-order valence-corrected chi connectivity index (χ2v) is 5.03. The summed E-state index contributed by atoms with van der Waals surface area (Å²) in [6.45, 7) is 0.417. The zero-order valence-corrected chi connectivity index (χ0v) is 12.5. The van der Waals surface area contributed by atoms with E-state index in [2.05, 4.69) is 20.4 Å². The SMILES string of the molecule is CN(C)c1cc(C(F)(F)F)nc(NCCc2cnn(C)c2)n1. The fraction of sp³-hybridized carbons (Fsp3) is 0.462. The van der Waals surface area contributed by atoms with Crippen LogP contribution in [0.15, 0.2) is 18.5 Å². The molecule has 0 saturated heterocycles. The summed E-state index contributed by atoms with van der Waals surface area (Å²) in [5.74, 6) is 0.161. The molecule has 0 spiro atoms. The number of hydrogen-bond acceptors (Lipinski definition) is 5. The molecule has 0 aliphatic carbocycles. The molecule has 1 N–H and O–H groups in total. The molecule has 0 atom stereocenters. The Kier molecular flexibility index (Phi) is 4.53. The van der Waals surface area contributed by atoms with E-state index in [4.69, 9.17) is 0 Å². The highest BCUT2D eigenvalue weighted by Crippen LogP contribution is 2.30. The van der Waals surface area contributed by atoms with Crippen molar-refractivity contribution >= 4 is 11.8 Å². The van der Waals surface area contributed by atoms with Gasteiger partial charge in [-0.2, -0.15) is 23.3 Å². The van der Waals surface area contributed by atoms with Crippen LogP contribution >= 0.6 is 0 Å². The second-order valence-electron chi connectivity index (χ2n) is 5.03. The van der Waals surface area contributed by atoms with E-state index in [-0.39, 0.29) is 11.8 Å². The lowest BCUT2D eigenvalue weighted by molar-refractivity contribution is -0.141. The van der Waals surface area contributed by atoms with Crippen LogP contribution in [0.25, 0.3) is 0 Å². The molecule has 9 heteroatoms. The Morgan fingerprint density at radius 3 is 2.55 bits per heavy atom. The van der Waals surface area contributed by atoms with Crippen LogP contribution in [0, 0.1) is 0 Å². The number of rotatable bonds is 5. The Morgan fingerprint density at radius 2 is 2.00 bits per heavy atom. The van der Waals surface area contributed by atoms with Gasteiger partial charge in [-0.15, -0.1) is 0 Å². The predicted octanol–water partition coefficient (Wildman–Crippen LogP) is 1.95. The molecule has 0 saturated carbocycles. The van der Waals surface area contributed by atoms with E-state index in [1.807, 2.05) is 6.20 Å². The molecule has 120 valence electrons. The first-order valence-corrected chi connectivity index (χ1v) is 6.60. The van der Waals surface area contributed by atoms with Crippen LogP contribution < -0.4 is 10.2 Å². The quantitative estimate of drug-likeness (QED) is 0.914. The van der Waals surface area contributed by atoms with Gasteiger partial charge >= 0.3 is 6.18 Å². The van der Waals surface area contributed by atoms with Crippen LogP contribution in [0.5, 0.6) is 0 Å². The summed E-state index contributed by atoms with van der Waals surface area (Å²) in [5, 5.41) is 6.85. The summed E-state index contributed by atoms with van der Waals surface area (Å²) in [4.78, 5) is 9.10. The third-order valence-corrected chi connectivity index (χ3v) is 2.92. The lowest BCUT2D eigenvalue weighted by atomic mass is 10.2. The Balaban J connectivity index is 2.10. The van der Waals surface area contributed by atoms with E-state index >= 15 is 0 Å². The van der Waals surface area contributed by atoms with E-state index < -0.39 is 11.9 Å². The van der Waals surface area contributed by atoms with E-state index in [0.29, 0.717) is 13.0 Å². The van der Waals surface area contributed by atoms with E-state index in [1.165, 1.54) is 4.90 Å². The van der Waals surface area contributed by atoms with Gasteiger partial charge in [-0.1, -0.05) is 0 Å². The van der Waals surface area contributed by atoms with Gasteiger partial charge in [-0.05, 0) is 12.0 Å². The summed E-state index contributed by atoms with van der Waals surface area (Å²) >= 11 is 0. The maximum atomic E-state index is 12.9. The van der Waals surface area contributed by atoms with Crippen LogP contribution in [0.1, 0.15) is 11.3 Å². The molecule has 0 aliphatic heterocycles. The van der Waals surface area contributed by atoms with Crippen molar-refractivity contribution in [3.63, 3.8) is 0 Å². The Hall–Kier alpha value is -2.32. The topological polar surface area (TPSA) is 58.9 Å². The Morgan fingerprint density at radius 1 is 1.27 bits per heavy atom. The third-order valence-electron chi connectivity index (χ3n) is 2.92. The molecular formula is C13H17F3N6. The summed E-state index contributed by atoms with van der Waals surface area (Å²) < 4.78 is 40.2. The molecule has 0 radical (unpaired) electrons. The number of aromatic nitrogens is 4. The molecule has 0 aliphatic rings. The van der Waals surface area contributed by atoms with Gasteiger partial charge in [0.2, 0.25) is 5.95 Å². The maximum Gasteiger partial charge on any atom is 0.433 e. The van der Waals surface area contributed by atoms with Gasteiger partial charge in [-0.25, -0.2) is 4.98 Å². The van der Waals surface area contributed by atoms with Gasteiger partial charge in [0.15, 0.2) is 5.69 Å². The molecule has 6 nitrogen and oxygen atoms in total. The van der Waals surface area contributed by atoms with Crippen molar-refractivity contribution in [2.75, 3.05) is 30.9 Å². The molecule has 0 aromatic carbocycles. The lowest BCUT2D eigenvalue weighted by Gasteiger charge is -2.15. The highest BCUT2D eigenvalue weighted by molar-refractivity contribution is 5.44. The van der Waals surface area contributed by atoms with Crippen molar-refractivity contribution in [3.05, 3.63) is 29.7 Å². The molecule has 0 unspecified atom stereocenters. The van der Waals surface area contributed by atoms with Crippen LogP contribution in [-0.4, -0.2) is 40.4 Å². The summed E-state index contributed by atoms with van der Waals surface area (Å²) in [6, 6.07) is 0.923. The van der Waals surface area contributed by atoms with Gasteiger partial charge in [-0.3, -0.25) is 4.68 Å². The first-order chi connectivity index (χ1) is 10.3. The summed E-state index contributed by atoms with van der Waals surface area (Å²) in [7, 11) is 5.06. The zero-order valence-electron chi connectivity index (χ0n) is 12.5. The fourth-order valence-corrected chi connectivity index (χ4v) is 1.81. The Labute approximate surface area is 126 Å². The summed E-state index contributed by atoms with van der Waals surface area (Å²) in [5.41, 5.74) is 0.0184. The van der Waals surface area contributed by atoms with Crippen LogP contribution in [0.3, 0.4) is 0 Å². The first-order valence-electron chi connectivity index (χ1n) is 6.60. The number of nitrogens with zero attached hydrogens (tertiary/aromatic N) is 5. The van der Waals surface area contributed by atoms with Crippen LogP contribution in [-0.2, 0) is 19.6 Å². The molecule has 2 aromatic heterocycles. The zero-order chi connectivity index (χ0) is 16.3. The highest BCUT2D eigenvalue weighted by atomic mass is 19.4. The van der Waals surface area contributed by atoms with Crippen molar-refractivity contribution in [3.8, 4) is 0 Å². The molecule has 22 heavy (non-hydrogen) atoms. The maximum absolute atomic E-state index is 12.9. The smallest absolute Gasteiger partial charge is 0.363 e. The number of nitrogens with one attached hydrogen (secondary N) is 1. The number of alkyl halides is 3. The molecule has 0 fully saturated rings. The number of anilines is 2. The van der Waals surface area contributed by atoms with Crippen LogP contribution in [0.4, 0.5) is 24.9 Å². The van der Waals surface area contributed by atoms with E-state index in [0.717, 1.165) is 11.6 Å². The monoisotopic (exact) mass is 314 g/mol. The standard InChI is InChI=1S/C13H17F3N6/c1-21(2)11-6-10(13(14,15)16)19-12(20-11)17-5-4-9-7-18-22(3)8-9/h6-8H,4-5H2,1-3H3,(H,17,19,20). The molecule has 2 heterocycles. The average Bonchev–Trinajstić information content (AvgIpc) is 2.83. The minimum Gasteiger partial charge on any atom is -0.363 e. The highest BCUT2D eigenvalue weighted by Gasteiger charge is 2.33. The first kappa shape index (κ1) is 16.1. The van der Waals surface area contributed by atoms with Crippen molar-refractivity contribution < 1.29 is 13.2 Å². The largest absolute Gasteiger partial charge is 0.433 e. The predicted molar refractivity (Wildman–Crippen MR) is 76.8 cm³/mol. The average molecular weight is 314 g/mol.